The molecule has 0 atom stereocenters. The summed E-state index contributed by atoms with van der Waals surface area (Å²) in [5, 5.41) is 0. The minimum atomic E-state index is 0.501. The SMILES string of the molecule is NCc1ccc2nc(-c3ccncc3)oc2c1. The van der Waals surface area contributed by atoms with Gasteiger partial charge in [0.15, 0.2) is 5.58 Å². The van der Waals surface area contributed by atoms with Crippen LogP contribution in [0, 0.1) is 0 Å². The fraction of sp³-hybridized carbons (Fsp3) is 0.0769. The smallest absolute Gasteiger partial charge is 0.227 e. The second kappa shape index (κ2) is 3.99. The van der Waals surface area contributed by atoms with Crippen LogP contribution in [0.4, 0.5) is 0 Å². The Hall–Kier alpha value is -2.20. The summed E-state index contributed by atoms with van der Waals surface area (Å²) in [6.07, 6.45) is 3.44. The van der Waals surface area contributed by atoms with E-state index in [9.17, 15) is 0 Å². The monoisotopic (exact) mass is 225 g/mol. The van der Waals surface area contributed by atoms with Gasteiger partial charge in [-0.3, -0.25) is 4.98 Å². The normalized spacial score (nSPS) is 10.9. The van der Waals surface area contributed by atoms with E-state index in [1.54, 1.807) is 12.4 Å². The number of hydrogen-bond donors (Lipinski definition) is 1. The Morgan fingerprint density at radius 1 is 1.12 bits per heavy atom. The minimum absolute atomic E-state index is 0.501. The van der Waals surface area contributed by atoms with Gasteiger partial charge in [0, 0.05) is 24.5 Å². The van der Waals surface area contributed by atoms with Crippen LogP contribution >= 0.6 is 0 Å². The maximum absolute atomic E-state index is 5.70. The highest BCUT2D eigenvalue weighted by atomic mass is 16.3. The lowest BCUT2D eigenvalue weighted by atomic mass is 10.2. The Labute approximate surface area is 98.1 Å². The second-order valence-electron chi connectivity index (χ2n) is 3.76. The van der Waals surface area contributed by atoms with E-state index in [4.69, 9.17) is 10.2 Å². The molecule has 0 saturated heterocycles. The van der Waals surface area contributed by atoms with Crippen molar-refractivity contribution < 1.29 is 4.42 Å². The van der Waals surface area contributed by atoms with Gasteiger partial charge in [-0.15, -0.1) is 0 Å². The number of benzene rings is 1. The van der Waals surface area contributed by atoms with Gasteiger partial charge in [0.25, 0.3) is 0 Å². The molecule has 2 N–H and O–H groups in total. The van der Waals surface area contributed by atoms with Crippen molar-refractivity contribution in [1.29, 1.82) is 0 Å². The molecule has 0 aliphatic rings. The van der Waals surface area contributed by atoms with E-state index in [0.717, 1.165) is 22.2 Å². The first kappa shape index (κ1) is 9.99. The van der Waals surface area contributed by atoms with Crippen molar-refractivity contribution in [2.75, 3.05) is 0 Å². The Morgan fingerprint density at radius 3 is 2.71 bits per heavy atom. The highest BCUT2D eigenvalue weighted by molar-refractivity contribution is 5.76. The summed E-state index contributed by atoms with van der Waals surface area (Å²) >= 11 is 0. The predicted molar refractivity (Wildman–Crippen MR) is 65.1 cm³/mol. The van der Waals surface area contributed by atoms with Crippen molar-refractivity contribution in [3.05, 3.63) is 48.3 Å². The second-order valence-corrected chi connectivity index (χ2v) is 3.76. The number of oxazole rings is 1. The number of pyridine rings is 1. The van der Waals surface area contributed by atoms with Gasteiger partial charge < -0.3 is 10.2 Å². The third-order valence-electron chi connectivity index (χ3n) is 2.62. The first-order valence-electron chi connectivity index (χ1n) is 5.37. The molecule has 2 aromatic heterocycles. The van der Waals surface area contributed by atoms with E-state index in [1.807, 2.05) is 30.3 Å². The topological polar surface area (TPSA) is 64.9 Å². The summed E-state index contributed by atoms with van der Waals surface area (Å²) < 4.78 is 5.70. The standard InChI is InChI=1S/C13H11N3O/c14-8-9-1-2-11-12(7-9)17-13(16-11)10-3-5-15-6-4-10/h1-7H,8,14H2. The highest BCUT2D eigenvalue weighted by Crippen LogP contribution is 2.24. The van der Waals surface area contributed by atoms with E-state index in [0.29, 0.717) is 12.4 Å². The van der Waals surface area contributed by atoms with Crippen LogP contribution in [0.15, 0.2) is 47.1 Å². The van der Waals surface area contributed by atoms with Crippen LogP contribution in [-0.4, -0.2) is 9.97 Å². The Bertz CT molecular complexity index is 646. The Kier molecular flexibility index (Phi) is 2.34. The molecule has 0 aliphatic heterocycles. The van der Waals surface area contributed by atoms with E-state index in [-0.39, 0.29) is 0 Å². The van der Waals surface area contributed by atoms with Crippen LogP contribution in [0.25, 0.3) is 22.6 Å². The third-order valence-corrected chi connectivity index (χ3v) is 2.62. The van der Waals surface area contributed by atoms with Gasteiger partial charge in [0.05, 0.1) is 0 Å². The maximum Gasteiger partial charge on any atom is 0.227 e. The first-order chi connectivity index (χ1) is 8.36. The zero-order valence-corrected chi connectivity index (χ0v) is 9.13. The molecule has 3 aromatic rings. The van der Waals surface area contributed by atoms with Crippen LogP contribution in [0.5, 0.6) is 0 Å². The summed E-state index contributed by atoms with van der Waals surface area (Å²) in [4.78, 5) is 8.39. The molecule has 0 unspecified atom stereocenters. The Morgan fingerprint density at radius 2 is 1.94 bits per heavy atom. The van der Waals surface area contributed by atoms with Gasteiger partial charge in [0.1, 0.15) is 5.52 Å². The zero-order chi connectivity index (χ0) is 11.7. The molecule has 0 spiro atoms. The number of nitrogens with zero attached hydrogens (tertiary/aromatic N) is 2. The molecule has 0 saturated carbocycles. The van der Waals surface area contributed by atoms with E-state index < -0.39 is 0 Å². The Balaban J connectivity index is 2.14. The van der Waals surface area contributed by atoms with E-state index in [2.05, 4.69) is 9.97 Å². The summed E-state index contributed by atoms with van der Waals surface area (Å²) in [7, 11) is 0. The van der Waals surface area contributed by atoms with E-state index in [1.165, 1.54) is 0 Å². The molecule has 0 bridgehead atoms. The minimum Gasteiger partial charge on any atom is -0.436 e. The lowest BCUT2D eigenvalue weighted by Crippen LogP contribution is -1.94. The van der Waals surface area contributed by atoms with Gasteiger partial charge in [-0.2, -0.15) is 0 Å². The molecule has 17 heavy (non-hydrogen) atoms. The number of rotatable bonds is 2. The van der Waals surface area contributed by atoms with Crippen molar-refractivity contribution in [3.8, 4) is 11.5 Å². The third kappa shape index (κ3) is 1.79. The molecule has 3 rings (SSSR count). The van der Waals surface area contributed by atoms with Crippen LogP contribution in [0.2, 0.25) is 0 Å². The largest absolute Gasteiger partial charge is 0.436 e. The van der Waals surface area contributed by atoms with Gasteiger partial charge in [-0.1, -0.05) is 6.07 Å². The zero-order valence-electron chi connectivity index (χ0n) is 9.13. The van der Waals surface area contributed by atoms with Crippen molar-refractivity contribution in [2.45, 2.75) is 6.54 Å². The average molecular weight is 225 g/mol. The van der Waals surface area contributed by atoms with Crippen molar-refractivity contribution in [1.82, 2.24) is 9.97 Å². The fourth-order valence-electron chi connectivity index (χ4n) is 1.71. The van der Waals surface area contributed by atoms with Gasteiger partial charge in [0.2, 0.25) is 5.89 Å². The molecular weight excluding hydrogens is 214 g/mol. The number of aromatic nitrogens is 2. The van der Waals surface area contributed by atoms with Crippen molar-refractivity contribution in [2.24, 2.45) is 5.73 Å². The van der Waals surface area contributed by atoms with Crippen LogP contribution < -0.4 is 5.73 Å². The molecule has 2 heterocycles. The van der Waals surface area contributed by atoms with Gasteiger partial charge >= 0.3 is 0 Å². The van der Waals surface area contributed by atoms with Gasteiger partial charge in [-0.25, -0.2) is 4.98 Å². The molecule has 1 aromatic carbocycles. The summed E-state index contributed by atoms with van der Waals surface area (Å²) in [6, 6.07) is 9.54. The highest BCUT2D eigenvalue weighted by Gasteiger charge is 2.07. The average Bonchev–Trinajstić information content (AvgIpc) is 2.82. The van der Waals surface area contributed by atoms with Crippen LogP contribution in [0.1, 0.15) is 5.56 Å². The predicted octanol–water partition coefficient (Wildman–Crippen LogP) is 2.35. The molecule has 84 valence electrons. The summed E-state index contributed by atoms with van der Waals surface area (Å²) in [5.41, 5.74) is 9.15. The number of hydrogen-bond acceptors (Lipinski definition) is 4. The molecule has 4 nitrogen and oxygen atoms in total. The lowest BCUT2D eigenvalue weighted by Gasteiger charge is -1.93. The number of nitrogens with two attached hydrogens (primary N) is 1. The number of fused-ring (bicyclic) bond motifs is 1. The first-order valence-corrected chi connectivity index (χ1v) is 5.37. The lowest BCUT2D eigenvalue weighted by molar-refractivity contribution is 0.619. The molecule has 0 amide bonds. The van der Waals surface area contributed by atoms with Crippen LogP contribution in [-0.2, 0) is 6.54 Å². The van der Waals surface area contributed by atoms with E-state index >= 15 is 0 Å². The molecule has 4 heteroatoms. The molecule has 0 fully saturated rings. The van der Waals surface area contributed by atoms with Crippen molar-refractivity contribution in [3.63, 3.8) is 0 Å². The quantitative estimate of drug-likeness (QED) is 0.727. The molecule has 0 radical (unpaired) electrons. The summed E-state index contributed by atoms with van der Waals surface area (Å²) in [5.74, 6) is 0.608. The summed E-state index contributed by atoms with van der Waals surface area (Å²) in [6.45, 7) is 0.501. The van der Waals surface area contributed by atoms with Crippen LogP contribution in [0.3, 0.4) is 0 Å². The van der Waals surface area contributed by atoms with Crippen molar-refractivity contribution >= 4 is 11.1 Å². The fourth-order valence-corrected chi connectivity index (χ4v) is 1.71. The van der Waals surface area contributed by atoms with Gasteiger partial charge in [-0.05, 0) is 29.8 Å². The molecule has 0 aliphatic carbocycles. The maximum atomic E-state index is 5.70. The molecular formula is C13H11N3O.